The van der Waals surface area contributed by atoms with Crippen LogP contribution in [0.1, 0.15) is 30.1 Å². The molecule has 1 amide bonds. The van der Waals surface area contributed by atoms with E-state index in [4.69, 9.17) is 0 Å². The number of halogens is 1. The molecule has 114 valence electrons. The Morgan fingerprint density at radius 1 is 1.52 bits per heavy atom. The molecule has 1 fully saturated rings. The summed E-state index contributed by atoms with van der Waals surface area (Å²) in [4.78, 5) is 22.1. The van der Waals surface area contributed by atoms with E-state index in [0.29, 0.717) is 5.92 Å². The largest absolute Gasteiger partial charge is 0.349 e. The van der Waals surface area contributed by atoms with Gasteiger partial charge in [-0.2, -0.15) is 0 Å². The number of nitrogens with one attached hydrogen (secondary N) is 2. The predicted octanol–water partition coefficient (Wildman–Crippen LogP) is 1.85. The summed E-state index contributed by atoms with van der Waals surface area (Å²) in [5.74, 6) is -0.969. The summed E-state index contributed by atoms with van der Waals surface area (Å²) in [6.45, 7) is 3.70. The van der Waals surface area contributed by atoms with Crippen molar-refractivity contribution >= 4 is 11.6 Å². The maximum absolute atomic E-state index is 13.3. The second kappa shape index (κ2) is 6.62. The van der Waals surface area contributed by atoms with Crippen molar-refractivity contribution in [3.8, 4) is 0 Å². The minimum Gasteiger partial charge on any atom is -0.349 e. The first-order valence-electron chi connectivity index (χ1n) is 6.94. The van der Waals surface area contributed by atoms with E-state index in [1.165, 1.54) is 0 Å². The fourth-order valence-corrected chi connectivity index (χ4v) is 2.52. The molecule has 0 spiro atoms. The fourth-order valence-electron chi connectivity index (χ4n) is 2.52. The van der Waals surface area contributed by atoms with Crippen LogP contribution in [0.5, 0.6) is 0 Å². The van der Waals surface area contributed by atoms with E-state index < -0.39 is 22.3 Å². The monoisotopic (exact) mass is 295 g/mol. The number of carbonyl (C=O) groups is 1. The van der Waals surface area contributed by atoms with Gasteiger partial charge < -0.3 is 10.6 Å². The predicted molar refractivity (Wildman–Crippen MR) is 75.6 cm³/mol. The Morgan fingerprint density at radius 2 is 2.29 bits per heavy atom. The van der Waals surface area contributed by atoms with Gasteiger partial charge in [-0.25, -0.2) is 4.39 Å². The Bertz CT molecular complexity index is 544. The van der Waals surface area contributed by atoms with Gasteiger partial charge in [0.1, 0.15) is 5.82 Å². The summed E-state index contributed by atoms with van der Waals surface area (Å²) >= 11 is 0. The molecule has 7 heteroatoms. The molecular formula is C14H18FN3O3. The summed E-state index contributed by atoms with van der Waals surface area (Å²) < 4.78 is 13.3. The van der Waals surface area contributed by atoms with Crippen LogP contribution in [0, 0.1) is 21.8 Å². The second-order valence-electron chi connectivity index (χ2n) is 5.32. The summed E-state index contributed by atoms with van der Waals surface area (Å²) in [6.07, 6.45) is 2.06. The smallest absolute Gasteiger partial charge is 0.273 e. The number of hydrogen-bond donors (Lipinski definition) is 2. The Hall–Kier alpha value is -2.02. The fraction of sp³-hybridized carbons (Fsp3) is 0.500. The van der Waals surface area contributed by atoms with Gasteiger partial charge in [0.25, 0.3) is 11.6 Å². The highest BCUT2D eigenvalue weighted by Crippen LogP contribution is 2.18. The highest BCUT2D eigenvalue weighted by Gasteiger charge is 2.22. The molecule has 2 N–H and O–H groups in total. The van der Waals surface area contributed by atoms with Crippen LogP contribution in [0.4, 0.5) is 10.1 Å². The zero-order valence-electron chi connectivity index (χ0n) is 11.8. The summed E-state index contributed by atoms with van der Waals surface area (Å²) in [5, 5.41) is 16.7. The molecule has 0 aromatic heterocycles. The van der Waals surface area contributed by atoms with Crippen LogP contribution in [0.25, 0.3) is 0 Å². The van der Waals surface area contributed by atoms with E-state index in [0.717, 1.165) is 44.1 Å². The molecule has 1 saturated heterocycles. The zero-order valence-corrected chi connectivity index (χ0v) is 11.8. The van der Waals surface area contributed by atoms with E-state index in [9.17, 15) is 19.3 Å². The average molecular weight is 295 g/mol. The van der Waals surface area contributed by atoms with Gasteiger partial charge in [-0.15, -0.1) is 0 Å². The minimum atomic E-state index is -0.790. The van der Waals surface area contributed by atoms with Gasteiger partial charge in [-0.1, -0.05) is 0 Å². The van der Waals surface area contributed by atoms with Gasteiger partial charge in [-0.05, 0) is 44.8 Å². The van der Waals surface area contributed by atoms with Gasteiger partial charge in [0.15, 0.2) is 0 Å². The molecule has 2 rings (SSSR count). The van der Waals surface area contributed by atoms with Crippen molar-refractivity contribution in [2.24, 2.45) is 5.92 Å². The Balaban J connectivity index is 2.07. The third-order valence-corrected chi connectivity index (χ3v) is 3.76. The van der Waals surface area contributed by atoms with Crippen molar-refractivity contribution in [1.29, 1.82) is 0 Å². The normalized spacial score (nSPS) is 19.8. The van der Waals surface area contributed by atoms with Gasteiger partial charge in [-0.3, -0.25) is 14.9 Å². The topological polar surface area (TPSA) is 84.3 Å². The third-order valence-electron chi connectivity index (χ3n) is 3.76. The summed E-state index contributed by atoms with van der Waals surface area (Å²) in [5.41, 5.74) is -0.454. The maximum Gasteiger partial charge on any atom is 0.273 e. The lowest BCUT2D eigenvalue weighted by Crippen LogP contribution is -2.44. The van der Waals surface area contributed by atoms with Crippen molar-refractivity contribution in [3.05, 3.63) is 39.7 Å². The van der Waals surface area contributed by atoms with Crippen LogP contribution in [0.15, 0.2) is 18.2 Å². The molecule has 21 heavy (non-hydrogen) atoms. The SMILES string of the molecule is CC(NC(=O)c1cc(F)cc([N+](=O)[O-])c1)C1CCCNC1. The summed E-state index contributed by atoms with van der Waals surface area (Å²) in [7, 11) is 0. The maximum atomic E-state index is 13.3. The highest BCUT2D eigenvalue weighted by atomic mass is 19.1. The highest BCUT2D eigenvalue weighted by molar-refractivity contribution is 5.95. The van der Waals surface area contributed by atoms with Crippen LogP contribution in [0.3, 0.4) is 0 Å². The van der Waals surface area contributed by atoms with E-state index in [-0.39, 0.29) is 11.6 Å². The van der Waals surface area contributed by atoms with Gasteiger partial charge in [0, 0.05) is 17.7 Å². The molecule has 0 radical (unpaired) electrons. The quantitative estimate of drug-likeness (QED) is 0.656. The number of non-ortho nitro benzene ring substituents is 1. The van der Waals surface area contributed by atoms with Crippen molar-refractivity contribution in [3.63, 3.8) is 0 Å². The number of carbonyl (C=O) groups excluding carboxylic acids is 1. The molecule has 2 atom stereocenters. The first-order chi connectivity index (χ1) is 9.97. The molecule has 1 aromatic rings. The first kappa shape index (κ1) is 15.4. The number of piperidine rings is 1. The first-order valence-corrected chi connectivity index (χ1v) is 6.94. The third kappa shape index (κ3) is 3.98. The van der Waals surface area contributed by atoms with Crippen molar-refractivity contribution in [1.82, 2.24) is 10.6 Å². The molecule has 2 unspecified atom stereocenters. The number of nitro benzene ring substituents is 1. The van der Waals surface area contributed by atoms with E-state index >= 15 is 0 Å². The van der Waals surface area contributed by atoms with E-state index in [2.05, 4.69) is 10.6 Å². The Morgan fingerprint density at radius 3 is 2.90 bits per heavy atom. The van der Waals surface area contributed by atoms with Crippen LogP contribution < -0.4 is 10.6 Å². The molecule has 0 aliphatic carbocycles. The second-order valence-corrected chi connectivity index (χ2v) is 5.32. The van der Waals surface area contributed by atoms with Crippen LogP contribution in [-0.2, 0) is 0 Å². The van der Waals surface area contributed by atoms with Gasteiger partial charge in [0.2, 0.25) is 0 Å². The van der Waals surface area contributed by atoms with E-state index in [1.807, 2.05) is 6.92 Å². The van der Waals surface area contributed by atoms with Crippen molar-refractivity contribution in [2.45, 2.75) is 25.8 Å². The number of nitrogens with zero attached hydrogens (tertiary/aromatic N) is 1. The van der Waals surface area contributed by atoms with Crippen molar-refractivity contribution < 1.29 is 14.1 Å². The van der Waals surface area contributed by atoms with Crippen molar-refractivity contribution in [2.75, 3.05) is 13.1 Å². The van der Waals surface area contributed by atoms with Crippen LogP contribution in [-0.4, -0.2) is 30.0 Å². The molecular weight excluding hydrogens is 277 g/mol. The standard InChI is InChI=1S/C14H18FN3O3/c1-9(10-3-2-4-16-8-10)17-14(19)11-5-12(15)7-13(6-11)18(20)21/h5-7,9-10,16H,2-4,8H2,1H3,(H,17,19). The number of benzene rings is 1. The lowest BCUT2D eigenvalue weighted by atomic mass is 9.92. The minimum absolute atomic E-state index is 0.0303. The lowest BCUT2D eigenvalue weighted by Gasteiger charge is -2.28. The number of rotatable bonds is 4. The Kier molecular flexibility index (Phi) is 4.85. The van der Waals surface area contributed by atoms with E-state index in [1.54, 1.807) is 0 Å². The zero-order chi connectivity index (χ0) is 15.4. The van der Waals surface area contributed by atoms with Crippen LogP contribution >= 0.6 is 0 Å². The van der Waals surface area contributed by atoms with Gasteiger partial charge in [0.05, 0.1) is 11.0 Å². The molecule has 1 aliphatic rings. The number of hydrogen-bond acceptors (Lipinski definition) is 4. The number of amides is 1. The molecule has 1 aromatic carbocycles. The molecule has 0 saturated carbocycles. The molecule has 1 aliphatic heterocycles. The molecule has 0 bridgehead atoms. The van der Waals surface area contributed by atoms with Gasteiger partial charge >= 0.3 is 0 Å². The lowest BCUT2D eigenvalue weighted by molar-refractivity contribution is -0.385. The summed E-state index contributed by atoms with van der Waals surface area (Å²) in [6, 6.07) is 2.82. The average Bonchev–Trinajstić information content (AvgIpc) is 2.47. The van der Waals surface area contributed by atoms with Crippen LogP contribution in [0.2, 0.25) is 0 Å². The number of nitro groups is 1. The Labute approximate surface area is 121 Å². The molecule has 6 nitrogen and oxygen atoms in total. The molecule has 1 heterocycles.